The Balaban J connectivity index is 1.77. The summed E-state index contributed by atoms with van der Waals surface area (Å²) >= 11 is 0. The van der Waals surface area contributed by atoms with Crippen molar-refractivity contribution in [1.29, 1.82) is 0 Å². The van der Waals surface area contributed by atoms with Gasteiger partial charge in [-0.15, -0.1) is 0 Å². The predicted octanol–water partition coefficient (Wildman–Crippen LogP) is 1.48. The highest BCUT2D eigenvalue weighted by molar-refractivity contribution is 5.91. The molecule has 0 fully saturated rings. The Morgan fingerprint density at radius 1 is 1.13 bits per heavy atom. The van der Waals surface area contributed by atoms with Gasteiger partial charge in [-0.05, 0) is 34.5 Å². The van der Waals surface area contributed by atoms with E-state index in [1.54, 1.807) is 24.3 Å². The normalized spacial score (nSPS) is 12.0. The smallest absolute Gasteiger partial charge is 0.333 e. The molecule has 162 valence electrons. The van der Waals surface area contributed by atoms with Gasteiger partial charge in [0.1, 0.15) is 11.6 Å². The van der Waals surface area contributed by atoms with Crippen LogP contribution in [-0.4, -0.2) is 55.1 Å². The number of carboxylic acid groups (broad SMARTS) is 1. The van der Waals surface area contributed by atoms with Crippen LogP contribution in [0.5, 0.6) is 11.6 Å². The van der Waals surface area contributed by atoms with Gasteiger partial charge in [-0.25, -0.2) is 14.2 Å². The maximum atomic E-state index is 13.5. The molecule has 31 heavy (non-hydrogen) atoms. The summed E-state index contributed by atoms with van der Waals surface area (Å²) in [5.74, 6) is -3.71. The van der Waals surface area contributed by atoms with Gasteiger partial charge in [-0.1, -0.05) is 24.3 Å². The molecule has 1 aromatic heterocycles. The second kappa shape index (κ2) is 9.24. The number of carboxylic acids is 1. The number of nitrogens with zero attached hydrogens (tertiary/aromatic N) is 2. The number of benzene rings is 2. The molecule has 0 radical (unpaired) electrons. The molecule has 3 rings (SSSR count). The van der Waals surface area contributed by atoms with Crippen LogP contribution in [0.2, 0.25) is 0 Å². The molecule has 3 aromatic rings. The van der Waals surface area contributed by atoms with Gasteiger partial charge in [-0.3, -0.25) is 10.2 Å². The van der Waals surface area contributed by atoms with Crippen molar-refractivity contribution in [1.82, 2.24) is 15.6 Å². The molecule has 1 amide bonds. The number of aliphatic hydroxyl groups excluding tert-OH is 1. The number of aromatic hydroxyl groups is 2. The lowest BCUT2D eigenvalue weighted by Gasteiger charge is -2.24. The summed E-state index contributed by atoms with van der Waals surface area (Å²) < 4.78 is 18.1. The average Bonchev–Trinajstić information content (AvgIpc) is 3.17. The molecule has 0 saturated heterocycles. The number of halogens is 1. The largest absolute Gasteiger partial charge is 0.507 e. The minimum atomic E-state index is -1.79. The Morgan fingerprint density at radius 3 is 2.45 bits per heavy atom. The number of nitrogens with one attached hydrogen (secondary N) is 1. The second-order valence-electron chi connectivity index (χ2n) is 6.58. The summed E-state index contributed by atoms with van der Waals surface area (Å²) in [6.07, 6.45) is -1.79. The van der Waals surface area contributed by atoms with Crippen LogP contribution < -0.4 is 5.43 Å². The fourth-order valence-corrected chi connectivity index (χ4v) is 2.76. The first-order valence-corrected chi connectivity index (χ1v) is 8.93. The standard InChI is InChI=1S/C20H18FN3O7/c21-13-5-6-15(25)14(7-13)12-3-1-11(2-4-12)9-24(10-16(26)20(29)30)22-19(28)17-8-18(27)23-31-17/h1-8,16,25-26H,9-10H2,(H,22,28)(H,23,27)(H,29,30). The number of hydrazine groups is 1. The zero-order valence-electron chi connectivity index (χ0n) is 15.9. The molecule has 11 heteroatoms. The van der Waals surface area contributed by atoms with Crippen LogP contribution in [0.3, 0.4) is 0 Å². The third-order valence-electron chi connectivity index (χ3n) is 4.26. The molecular formula is C20H18FN3O7. The lowest BCUT2D eigenvalue weighted by molar-refractivity contribution is -0.148. The topological polar surface area (TPSA) is 156 Å². The maximum absolute atomic E-state index is 13.5. The number of hydrogen-bond acceptors (Lipinski definition) is 8. The zero-order valence-corrected chi connectivity index (χ0v) is 15.9. The fraction of sp³-hybridized carbons (Fsp3) is 0.150. The maximum Gasteiger partial charge on any atom is 0.333 e. The van der Waals surface area contributed by atoms with E-state index in [0.29, 0.717) is 16.7 Å². The molecule has 0 spiro atoms. The molecular weight excluding hydrogens is 413 g/mol. The Hall–Kier alpha value is -3.96. The molecule has 0 aliphatic heterocycles. The van der Waals surface area contributed by atoms with Crippen molar-refractivity contribution in [3.8, 4) is 22.8 Å². The Morgan fingerprint density at radius 2 is 1.84 bits per heavy atom. The first kappa shape index (κ1) is 21.7. The van der Waals surface area contributed by atoms with E-state index in [2.05, 4.69) is 15.1 Å². The van der Waals surface area contributed by atoms with Crippen molar-refractivity contribution in [3.63, 3.8) is 0 Å². The Labute approximate surface area is 174 Å². The fourth-order valence-electron chi connectivity index (χ4n) is 2.76. The number of carbonyl (C=O) groups is 2. The van der Waals surface area contributed by atoms with Gasteiger partial charge in [0.2, 0.25) is 5.76 Å². The number of aromatic nitrogens is 1. The van der Waals surface area contributed by atoms with Crippen LogP contribution in [0.15, 0.2) is 53.1 Å². The summed E-state index contributed by atoms with van der Waals surface area (Å²) in [4.78, 5) is 23.2. The highest BCUT2D eigenvalue weighted by Gasteiger charge is 2.22. The summed E-state index contributed by atoms with van der Waals surface area (Å²) in [6, 6.07) is 11.0. The summed E-state index contributed by atoms with van der Waals surface area (Å²) in [5, 5.41) is 42.1. The van der Waals surface area contributed by atoms with Crippen molar-refractivity contribution in [2.24, 2.45) is 0 Å². The number of rotatable bonds is 8. The number of aliphatic carboxylic acids is 1. The molecule has 0 saturated carbocycles. The van der Waals surface area contributed by atoms with Crippen LogP contribution in [-0.2, 0) is 11.3 Å². The van der Waals surface area contributed by atoms with Crippen LogP contribution in [0.4, 0.5) is 4.39 Å². The zero-order chi connectivity index (χ0) is 22.5. The first-order chi connectivity index (χ1) is 14.7. The number of aliphatic hydroxyl groups is 1. The molecule has 2 aromatic carbocycles. The van der Waals surface area contributed by atoms with Gasteiger partial charge in [0.05, 0.1) is 12.6 Å². The minimum Gasteiger partial charge on any atom is -0.507 e. The third-order valence-corrected chi connectivity index (χ3v) is 4.26. The first-order valence-electron chi connectivity index (χ1n) is 8.93. The van der Waals surface area contributed by atoms with Crippen molar-refractivity contribution in [2.75, 3.05) is 6.54 Å². The molecule has 0 aliphatic carbocycles. The van der Waals surface area contributed by atoms with E-state index < -0.39 is 36.2 Å². The molecule has 1 atom stereocenters. The highest BCUT2D eigenvalue weighted by Crippen LogP contribution is 2.30. The number of amides is 1. The summed E-state index contributed by atoms with van der Waals surface area (Å²) in [6.45, 7) is -0.459. The van der Waals surface area contributed by atoms with Crippen LogP contribution in [0, 0.1) is 5.82 Å². The van der Waals surface area contributed by atoms with E-state index in [1.165, 1.54) is 12.1 Å². The monoisotopic (exact) mass is 431 g/mol. The van der Waals surface area contributed by atoms with Gasteiger partial charge in [0.25, 0.3) is 5.88 Å². The SMILES string of the molecule is O=C(NN(Cc1ccc(-c2cc(F)ccc2O)cc1)CC(O)C(=O)O)c1cc(O)no1. The summed E-state index contributed by atoms with van der Waals surface area (Å²) in [5.41, 5.74) is 3.82. The summed E-state index contributed by atoms with van der Waals surface area (Å²) in [7, 11) is 0. The van der Waals surface area contributed by atoms with Crippen LogP contribution >= 0.6 is 0 Å². The lowest BCUT2D eigenvalue weighted by Crippen LogP contribution is -2.47. The van der Waals surface area contributed by atoms with Crippen molar-refractivity contribution in [2.45, 2.75) is 12.6 Å². The van der Waals surface area contributed by atoms with Crippen LogP contribution in [0.1, 0.15) is 16.1 Å². The number of hydrogen-bond donors (Lipinski definition) is 5. The van der Waals surface area contributed by atoms with Gasteiger partial charge < -0.3 is 24.9 Å². The van der Waals surface area contributed by atoms with Gasteiger partial charge in [-0.2, -0.15) is 0 Å². The van der Waals surface area contributed by atoms with E-state index in [-0.39, 0.29) is 18.1 Å². The van der Waals surface area contributed by atoms with Gasteiger partial charge >= 0.3 is 11.9 Å². The molecule has 0 aliphatic rings. The quantitative estimate of drug-likeness (QED) is 0.333. The van der Waals surface area contributed by atoms with Gasteiger partial charge in [0.15, 0.2) is 6.10 Å². The molecule has 5 N–H and O–H groups in total. The predicted molar refractivity (Wildman–Crippen MR) is 103 cm³/mol. The Kier molecular flexibility index (Phi) is 6.48. The number of phenolic OH excluding ortho intramolecular Hbond substituents is 1. The van der Waals surface area contributed by atoms with Gasteiger partial charge in [0, 0.05) is 12.1 Å². The third kappa shape index (κ3) is 5.56. The average molecular weight is 431 g/mol. The Bertz CT molecular complexity index is 1080. The highest BCUT2D eigenvalue weighted by atomic mass is 19.1. The van der Waals surface area contributed by atoms with E-state index >= 15 is 0 Å². The van der Waals surface area contributed by atoms with Crippen molar-refractivity contribution < 1.29 is 38.9 Å². The number of carbonyl (C=O) groups excluding carboxylic acids is 1. The van der Waals surface area contributed by atoms with E-state index in [4.69, 9.17) is 5.11 Å². The molecule has 1 heterocycles. The van der Waals surface area contributed by atoms with E-state index in [1.807, 2.05) is 0 Å². The van der Waals surface area contributed by atoms with E-state index in [0.717, 1.165) is 17.1 Å². The van der Waals surface area contributed by atoms with Crippen molar-refractivity contribution in [3.05, 3.63) is 65.7 Å². The molecule has 1 unspecified atom stereocenters. The van der Waals surface area contributed by atoms with E-state index in [9.17, 15) is 29.3 Å². The minimum absolute atomic E-state index is 0.00832. The lowest BCUT2D eigenvalue weighted by atomic mass is 10.0. The van der Waals surface area contributed by atoms with Crippen LogP contribution in [0.25, 0.3) is 11.1 Å². The molecule has 0 bridgehead atoms. The second-order valence-corrected chi connectivity index (χ2v) is 6.58. The van der Waals surface area contributed by atoms with Crippen molar-refractivity contribution >= 4 is 11.9 Å². The molecule has 10 nitrogen and oxygen atoms in total. The number of phenols is 1.